The van der Waals surface area contributed by atoms with Gasteiger partial charge in [0.25, 0.3) is 0 Å². The first-order valence-corrected chi connectivity index (χ1v) is 28.1. The molecule has 0 atom stereocenters. The van der Waals surface area contributed by atoms with Gasteiger partial charge in [0.2, 0.25) is 0 Å². The van der Waals surface area contributed by atoms with Crippen LogP contribution >= 0.6 is 0 Å². The van der Waals surface area contributed by atoms with Crippen LogP contribution < -0.4 is 9.80 Å². The third-order valence-electron chi connectivity index (χ3n) is 16.3. The summed E-state index contributed by atoms with van der Waals surface area (Å²) >= 11 is 0. The Balaban J connectivity index is 0.00000147. The Morgan fingerprint density at radius 2 is 0.538 bits per heavy atom. The van der Waals surface area contributed by atoms with Crippen molar-refractivity contribution in [1.82, 2.24) is 0 Å². The number of rotatable bonds is 13. The van der Waals surface area contributed by atoms with E-state index in [4.69, 9.17) is 0 Å². The molecule has 0 radical (unpaired) electrons. The van der Waals surface area contributed by atoms with E-state index in [0.29, 0.717) is 11.8 Å². The fourth-order valence-electron chi connectivity index (χ4n) is 12.4. The molecule has 0 bridgehead atoms. The number of hydrogen-bond donors (Lipinski definition) is 0. The molecule has 0 saturated heterocycles. The molecule has 13 rings (SSSR count). The van der Waals surface area contributed by atoms with Crippen molar-refractivity contribution in [3.63, 3.8) is 0 Å². The highest BCUT2D eigenvalue weighted by Gasteiger charge is 2.24. The van der Waals surface area contributed by atoms with Crippen LogP contribution in [0.4, 0.5) is 34.1 Å². The molecule has 0 spiro atoms. The molecule has 380 valence electrons. The Hall–Kier alpha value is -8.98. The van der Waals surface area contributed by atoms with Crippen LogP contribution in [0.3, 0.4) is 0 Å². The van der Waals surface area contributed by atoms with E-state index in [-0.39, 0.29) is 0 Å². The van der Waals surface area contributed by atoms with Crippen LogP contribution in [0.15, 0.2) is 280 Å². The summed E-state index contributed by atoms with van der Waals surface area (Å²) in [6.07, 6.45) is 13.7. The molecule has 2 aliphatic carbocycles. The number of nitrogens with zero attached hydrogens (tertiary/aromatic N) is 2. The van der Waals surface area contributed by atoms with Crippen molar-refractivity contribution < 1.29 is 0 Å². The van der Waals surface area contributed by atoms with Crippen molar-refractivity contribution in [2.45, 2.75) is 63.2 Å². The molecule has 0 aromatic heterocycles. The van der Waals surface area contributed by atoms with Crippen LogP contribution in [-0.2, 0) is 0 Å². The van der Waals surface area contributed by atoms with Crippen molar-refractivity contribution in [2.24, 2.45) is 0 Å². The van der Waals surface area contributed by atoms with Gasteiger partial charge in [0.05, 0.1) is 0 Å². The van der Waals surface area contributed by atoms with E-state index < -0.39 is 0 Å². The molecule has 0 unspecified atom stereocenters. The minimum atomic E-state index is 0.649. The van der Waals surface area contributed by atoms with Gasteiger partial charge in [-0.15, -0.1) is 0 Å². The topological polar surface area (TPSA) is 6.48 Å². The lowest BCUT2D eigenvalue weighted by Gasteiger charge is -2.28. The number of allylic oxidation sites excluding steroid dienone is 2. The number of hydrogen-bond acceptors (Lipinski definition) is 2. The number of benzene rings is 11. The van der Waals surface area contributed by atoms with Gasteiger partial charge in [0.1, 0.15) is 0 Å². The van der Waals surface area contributed by atoms with Crippen molar-refractivity contribution in [2.75, 3.05) is 9.80 Å². The monoisotopic (exact) mass is 1010 g/mol. The van der Waals surface area contributed by atoms with Gasteiger partial charge in [-0.2, -0.15) is 0 Å². The van der Waals surface area contributed by atoms with E-state index in [1.807, 2.05) is 0 Å². The fraction of sp³-hybridized carbons (Fsp3) is 0.132. The van der Waals surface area contributed by atoms with E-state index in [1.165, 1.54) is 129 Å². The predicted octanol–water partition coefficient (Wildman–Crippen LogP) is 22.3. The minimum absolute atomic E-state index is 0.649. The van der Waals surface area contributed by atoms with E-state index in [9.17, 15) is 0 Å². The first-order valence-electron chi connectivity index (χ1n) is 28.1. The lowest BCUT2D eigenvalue weighted by atomic mass is 9.85. The summed E-state index contributed by atoms with van der Waals surface area (Å²) in [5.74, 6) is 1.30. The molecule has 0 aliphatic heterocycles. The smallest absolute Gasteiger partial charge is 0.0468 e. The lowest BCUT2D eigenvalue weighted by molar-refractivity contribution is 0.723. The van der Waals surface area contributed by atoms with Crippen molar-refractivity contribution in [3.8, 4) is 44.5 Å². The first kappa shape index (κ1) is 49.9. The van der Waals surface area contributed by atoms with Gasteiger partial charge in [0, 0.05) is 34.1 Å². The summed E-state index contributed by atoms with van der Waals surface area (Å²) in [4.78, 5) is 4.91. The average Bonchev–Trinajstić information content (AvgIpc) is 4.40. The molecule has 0 N–H and O–H groups in total. The van der Waals surface area contributed by atoms with Gasteiger partial charge in [-0.1, -0.05) is 233 Å². The summed E-state index contributed by atoms with van der Waals surface area (Å²) in [6.45, 7) is 6.72. The Labute approximate surface area is 461 Å². The zero-order valence-corrected chi connectivity index (χ0v) is 44.5. The highest BCUT2D eigenvalue weighted by atomic mass is 15.1. The average molecular weight is 1010 g/mol. The van der Waals surface area contributed by atoms with Crippen LogP contribution in [0.5, 0.6) is 0 Å². The molecule has 78 heavy (non-hydrogen) atoms. The summed E-state index contributed by atoms with van der Waals surface area (Å²) in [5.41, 5.74) is 19.4. The van der Waals surface area contributed by atoms with Crippen molar-refractivity contribution in [1.29, 1.82) is 0 Å². The SMILES string of the molecule is C=CC=C.c1ccc(-c2ccc(N(c3ccc(C4CCCC4)cc3)c3ccc4c(-c5ccccc5)c5cc(N(c6ccc(-c7ccccc7)cc6)c6ccc(C7CCCC7)cc6)ccc5c(-c5ccccc5)c4c3)cc2)cc1. The van der Waals surface area contributed by atoms with E-state index >= 15 is 0 Å². The van der Waals surface area contributed by atoms with E-state index in [0.717, 1.165) is 34.1 Å². The van der Waals surface area contributed by atoms with Gasteiger partial charge in [0.15, 0.2) is 0 Å². The first-order chi connectivity index (χ1) is 38.6. The van der Waals surface area contributed by atoms with Gasteiger partial charge < -0.3 is 9.80 Å². The molecule has 11 aromatic rings. The second-order valence-corrected chi connectivity index (χ2v) is 21.1. The molecule has 0 heterocycles. The largest absolute Gasteiger partial charge is 0.310 e. The Morgan fingerprint density at radius 3 is 0.846 bits per heavy atom. The highest BCUT2D eigenvalue weighted by molar-refractivity contribution is 6.22. The second-order valence-electron chi connectivity index (χ2n) is 21.1. The maximum atomic E-state index is 3.36. The van der Waals surface area contributed by atoms with Crippen molar-refractivity contribution in [3.05, 3.63) is 291 Å². The van der Waals surface area contributed by atoms with Crippen LogP contribution in [0.25, 0.3) is 66.1 Å². The second kappa shape index (κ2) is 23.1. The van der Waals surface area contributed by atoms with Gasteiger partial charge >= 0.3 is 0 Å². The molecule has 2 saturated carbocycles. The van der Waals surface area contributed by atoms with Crippen LogP contribution in [-0.4, -0.2) is 0 Å². The maximum absolute atomic E-state index is 3.36. The third kappa shape index (κ3) is 10.3. The zero-order valence-electron chi connectivity index (χ0n) is 44.5. The van der Waals surface area contributed by atoms with Crippen LogP contribution in [0.2, 0.25) is 0 Å². The third-order valence-corrected chi connectivity index (χ3v) is 16.3. The molecule has 2 fully saturated rings. The summed E-state index contributed by atoms with van der Waals surface area (Å²) in [5, 5.41) is 4.88. The van der Waals surface area contributed by atoms with Crippen LogP contribution in [0.1, 0.15) is 74.3 Å². The highest BCUT2D eigenvalue weighted by Crippen LogP contribution is 2.49. The van der Waals surface area contributed by atoms with Crippen molar-refractivity contribution >= 4 is 55.7 Å². The molecule has 0 amide bonds. The summed E-state index contributed by atoms with van der Waals surface area (Å²) in [6, 6.07) is 95.1. The molecular weight excluding hydrogens is 941 g/mol. The number of fused-ring (bicyclic) bond motifs is 2. The predicted molar refractivity (Wildman–Crippen MR) is 335 cm³/mol. The Bertz CT molecular complexity index is 3520. The zero-order chi connectivity index (χ0) is 52.6. The molecule has 2 nitrogen and oxygen atoms in total. The summed E-state index contributed by atoms with van der Waals surface area (Å²) < 4.78 is 0. The molecule has 2 heteroatoms. The molecule has 2 aliphatic rings. The summed E-state index contributed by atoms with van der Waals surface area (Å²) in [7, 11) is 0. The standard InChI is InChI=1S/C72H60N2.C4H6/c1-5-17-51(18-6-1)55-29-37-61(38-30-55)73(63-41-33-57(34-42-63)53-21-13-14-22-53)65-45-47-67-69(49-65)71(59-25-9-3-10-26-59)68-48-46-66(50-70(68)72(67)60-27-11-4-12-28-60)74(64-43-35-58(36-44-64)54-23-15-16-24-54)62-39-31-56(32-40-62)52-19-7-2-8-20-52;1-3-4-2/h1-12,17-20,25-50,53-54H,13-16,21-24H2;3-4H,1-2H2. The Morgan fingerprint density at radius 1 is 0.269 bits per heavy atom. The lowest BCUT2D eigenvalue weighted by Crippen LogP contribution is -2.11. The van der Waals surface area contributed by atoms with E-state index in [2.05, 4.69) is 278 Å². The van der Waals surface area contributed by atoms with Gasteiger partial charge in [-0.3, -0.25) is 0 Å². The maximum Gasteiger partial charge on any atom is 0.0468 e. The quantitative estimate of drug-likeness (QED) is 0.0839. The fourth-order valence-corrected chi connectivity index (χ4v) is 12.4. The molecular formula is C76H66N2. The number of anilines is 6. The van der Waals surface area contributed by atoms with E-state index in [1.54, 1.807) is 12.2 Å². The minimum Gasteiger partial charge on any atom is -0.310 e. The molecule has 11 aromatic carbocycles. The Kier molecular flexibility index (Phi) is 14.8. The van der Waals surface area contributed by atoms with Gasteiger partial charge in [-0.05, 0) is 187 Å². The normalized spacial score (nSPS) is 13.5. The van der Waals surface area contributed by atoms with Gasteiger partial charge in [-0.25, -0.2) is 0 Å². The van der Waals surface area contributed by atoms with Crippen LogP contribution in [0, 0.1) is 0 Å².